The summed E-state index contributed by atoms with van der Waals surface area (Å²) < 4.78 is 1.86. The number of aryl methyl sites for hydroxylation is 1. The van der Waals surface area contributed by atoms with Crippen LogP contribution in [0.2, 0.25) is 0 Å². The zero-order valence-corrected chi connectivity index (χ0v) is 14.2. The highest BCUT2D eigenvalue weighted by atomic mass is 32.1. The summed E-state index contributed by atoms with van der Waals surface area (Å²) in [6, 6.07) is 0. The van der Waals surface area contributed by atoms with Crippen molar-refractivity contribution in [3.63, 3.8) is 0 Å². The molecule has 1 unspecified atom stereocenters. The van der Waals surface area contributed by atoms with Crippen LogP contribution < -0.4 is 0 Å². The van der Waals surface area contributed by atoms with E-state index in [9.17, 15) is 9.59 Å². The molecule has 7 heteroatoms. The van der Waals surface area contributed by atoms with Gasteiger partial charge in [-0.1, -0.05) is 0 Å². The summed E-state index contributed by atoms with van der Waals surface area (Å²) in [6.07, 6.45) is 4.56. The molecule has 0 aromatic carbocycles. The van der Waals surface area contributed by atoms with Gasteiger partial charge in [0.2, 0.25) is 5.91 Å². The summed E-state index contributed by atoms with van der Waals surface area (Å²) in [4.78, 5) is 34.6. The highest BCUT2D eigenvalue weighted by Crippen LogP contribution is 2.40. The lowest BCUT2D eigenvalue weighted by atomic mass is 9.78. The molecule has 0 bridgehead atoms. The van der Waals surface area contributed by atoms with E-state index in [2.05, 4.69) is 4.98 Å². The highest BCUT2D eigenvalue weighted by Gasteiger charge is 2.49. The first-order chi connectivity index (χ1) is 11.0. The van der Waals surface area contributed by atoms with Crippen LogP contribution in [0.4, 0.5) is 0 Å². The summed E-state index contributed by atoms with van der Waals surface area (Å²) in [5, 5.41) is 1.93. The normalized spacial score (nSPS) is 25.0. The number of nitrogens with zero attached hydrogens (tertiary/aromatic N) is 4. The van der Waals surface area contributed by atoms with Crippen molar-refractivity contribution in [3.8, 4) is 0 Å². The first-order valence-electron chi connectivity index (χ1n) is 7.99. The van der Waals surface area contributed by atoms with Crippen molar-refractivity contribution in [2.45, 2.75) is 26.2 Å². The fraction of sp³-hybridized carbons (Fsp3) is 0.562. The Bertz CT molecular complexity index is 795. The van der Waals surface area contributed by atoms with E-state index in [0.29, 0.717) is 18.8 Å². The van der Waals surface area contributed by atoms with E-state index in [0.717, 1.165) is 36.5 Å². The maximum Gasteiger partial charge on any atom is 0.272 e. The zero-order chi connectivity index (χ0) is 16.2. The van der Waals surface area contributed by atoms with Crippen molar-refractivity contribution in [2.75, 3.05) is 26.7 Å². The third kappa shape index (κ3) is 2.09. The molecule has 2 aromatic heterocycles. The smallest absolute Gasteiger partial charge is 0.272 e. The fourth-order valence-corrected chi connectivity index (χ4v) is 4.75. The van der Waals surface area contributed by atoms with Crippen molar-refractivity contribution in [2.24, 2.45) is 5.41 Å². The van der Waals surface area contributed by atoms with Crippen LogP contribution in [0.5, 0.6) is 0 Å². The Morgan fingerprint density at radius 2 is 2.17 bits per heavy atom. The summed E-state index contributed by atoms with van der Waals surface area (Å²) in [7, 11) is 1.86. The van der Waals surface area contributed by atoms with Gasteiger partial charge in [0, 0.05) is 38.3 Å². The number of hydrogen-bond donors (Lipinski definition) is 0. The second kappa shape index (κ2) is 5.06. The molecule has 122 valence electrons. The van der Waals surface area contributed by atoms with E-state index in [1.807, 2.05) is 39.7 Å². The van der Waals surface area contributed by atoms with Crippen molar-refractivity contribution >= 4 is 28.1 Å². The first-order valence-corrected chi connectivity index (χ1v) is 8.87. The molecule has 4 heterocycles. The maximum atomic E-state index is 13.0. The Kier molecular flexibility index (Phi) is 3.23. The lowest BCUT2D eigenvalue weighted by Gasteiger charge is -2.37. The molecule has 2 fully saturated rings. The number of rotatable bonds is 1. The lowest BCUT2D eigenvalue weighted by Crippen LogP contribution is -2.48. The molecule has 0 aliphatic carbocycles. The number of carbonyl (C=O) groups excluding carboxylic acids is 2. The molecule has 2 aliphatic rings. The van der Waals surface area contributed by atoms with Gasteiger partial charge in [0.1, 0.15) is 5.69 Å². The maximum absolute atomic E-state index is 13.0. The molecule has 2 aromatic rings. The van der Waals surface area contributed by atoms with E-state index in [-0.39, 0.29) is 17.2 Å². The largest absolute Gasteiger partial charge is 0.345 e. The minimum atomic E-state index is -0.366. The van der Waals surface area contributed by atoms with Gasteiger partial charge < -0.3 is 9.80 Å². The van der Waals surface area contributed by atoms with Gasteiger partial charge >= 0.3 is 0 Å². The van der Waals surface area contributed by atoms with Crippen molar-refractivity contribution in [3.05, 3.63) is 23.0 Å². The molecule has 4 rings (SSSR count). The Hall–Kier alpha value is -1.89. The van der Waals surface area contributed by atoms with Gasteiger partial charge in [-0.2, -0.15) is 0 Å². The van der Waals surface area contributed by atoms with Crippen LogP contribution >= 0.6 is 11.3 Å². The van der Waals surface area contributed by atoms with E-state index in [4.69, 9.17) is 0 Å². The van der Waals surface area contributed by atoms with Crippen LogP contribution in [0.3, 0.4) is 0 Å². The van der Waals surface area contributed by atoms with Gasteiger partial charge in [0.25, 0.3) is 5.91 Å². The minimum Gasteiger partial charge on any atom is -0.345 e. The number of thiazole rings is 1. The van der Waals surface area contributed by atoms with Crippen molar-refractivity contribution in [1.29, 1.82) is 0 Å². The van der Waals surface area contributed by atoms with E-state index < -0.39 is 0 Å². The molecule has 0 N–H and O–H groups in total. The van der Waals surface area contributed by atoms with Crippen molar-refractivity contribution in [1.82, 2.24) is 19.2 Å². The Morgan fingerprint density at radius 1 is 1.35 bits per heavy atom. The predicted molar refractivity (Wildman–Crippen MR) is 87.6 cm³/mol. The summed E-state index contributed by atoms with van der Waals surface area (Å²) in [5.74, 6) is 0.191. The van der Waals surface area contributed by atoms with Gasteiger partial charge in [0.15, 0.2) is 4.96 Å². The first kappa shape index (κ1) is 14.7. The summed E-state index contributed by atoms with van der Waals surface area (Å²) >= 11 is 1.52. The molecule has 0 saturated carbocycles. The topological polar surface area (TPSA) is 57.9 Å². The number of imidazole rings is 1. The Morgan fingerprint density at radius 3 is 3.00 bits per heavy atom. The lowest BCUT2D eigenvalue weighted by molar-refractivity contribution is -0.143. The van der Waals surface area contributed by atoms with Crippen LogP contribution in [0.25, 0.3) is 4.96 Å². The predicted octanol–water partition coefficient (Wildman–Crippen LogP) is 1.79. The number of aromatic nitrogens is 2. The third-order valence-corrected chi connectivity index (χ3v) is 5.99. The van der Waals surface area contributed by atoms with Gasteiger partial charge in [-0.05, 0) is 26.2 Å². The van der Waals surface area contributed by atoms with Crippen LogP contribution in [0.15, 0.2) is 11.6 Å². The standard InChI is InChI=1S/C16H20N4O2S/c1-11-12(20-8-9-23-15(20)17-11)13(21)19-7-5-16(10-19)4-3-6-18(2)14(16)22/h8-9H,3-7,10H2,1-2H3. The second-order valence-corrected chi connectivity index (χ2v) is 7.56. The molecule has 0 radical (unpaired) electrons. The van der Waals surface area contributed by atoms with Gasteiger partial charge in [-0.3, -0.25) is 14.0 Å². The highest BCUT2D eigenvalue weighted by molar-refractivity contribution is 7.15. The summed E-state index contributed by atoms with van der Waals surface area (Å²) in [5.41, 5.74) is 1.03. The molecule has 1 atom stereocenters. The van der Waals surface area contributed by atoms with E-state index in [1.54, 1.807) is 0 Å². The Labute approximate surface area is 138 Å². The number of carbonyl (C=O) groups is 2. The SMILES string of the molecule is Cc1nc2sccn2c1C(=O)N1CCC2(CCCN(C)C2=O)C1. The van der Waals surface area contributed by atoms with Gasteiger partial charge in [0.05, 0.1) is 11.1 Å². The molecule has 23 heavy (non-hydrogen) atoms. The second-order valence-electron chi connectivity index (χ2n) is 6.69. The molecule has 6 nitrogen and oxygen atoms in total. The van der Waals surface area contributed by atoms with Crippen molar-refractivity contribution < 1.29 is 9.59 Å². The minimum absolute atomic E-state index is 0.00805. The van der Waals surface area contributed by atoms with Gasteiger partial charge in [-0.25, -0.2) is 4.98 Å². The number of likely N-dealkylation sites (tertiary alicyclic amines) is 2. The average Bonchev–Trinajstić information content (AvgIpc) is 3.19. The quantitative estimate of drug-likeness (QED) is 0.800. The summed E-state index contributed by atoms with van der Waals surface area (Å²) in [6.45, 7) is 3.88. The van der Waals surface area contributed by atoms with E-state index in [1.165, 1.54) is 11.3 Å². The number of hydrogen-bond acceptors (Lipinski definition) is 4. The molecular formula is C16H20N4O2S. The average molecular weight is 332 g/mol. The number of piperidine rings is 1. The molecule has 2 amide bonds. The van der Waals surface area contributed by atoms with Crippen LogP contribution in [-0.2, 0) is 4.79 Å². The monoisotopic (exact) mass is 332 g/mol. The number of fused-ring (bicyclic) bond motifs is 1. The fourth-order valence-electron chi connectivity index (χ4n) is 3.99. The Balaban J connectivity index is 1.62. The van der Waals surface area contributed by atoms with Crippen LogP contribution in [-0.4, -0.2) is 57.7 Å². The van der Waals surface area contributed by atoms with E-state index >= 15 is 0 Å². The molecule has 1 spiro atoms. The number of amides is 2. The van der Waals surface area contributed by atoms with Crippen LogP contribution in [0, 0.1) is 12.3 Å². The molecular weight excluding hydrogens is 312 g/mol. The molecule has 2 saturated heterocycles. The zero-order valence-electron chi connectivity index (χ0n) is 13.4. The third-order valence-electron chi connectivity index (χ3n) is 5.23. The van der Waals surface area contributed by atoms with Crippen LogP contribution in [0.1, 0.15) is 35.4 Å². The molecule has 2 aliphatic heterocycles. The van der Waals surface area contributed by atoms with Gasteiger partial charge in [-0.15, -0.1) is 11.3 Å².